The highest BCUT2D eigenvalue weighted by molar-refractivity contribution is 5.17. The van der Waals surface area contributed by atoms with E-state index in [1.807, 2.05) is 121 Å². The first-order chi connectivity index (χ1) is 22.2. The van der Waals surface area contributed by atoms with E-state index in [4.69, 9.17) is 23.7 Å². The van der Waals surface area contributed by atoms with Crippen molar-refractivity contribution in [2.75, 3.05) is 6.61 Å². The highest BCUT2D eigenvalue weighted by atomic mass is 16.6. The van der Waals surface area contributed by atoms with Gasteiger partial charge in [0.15, 0.2) is 0 Å². The molecule has 4 aromatic carbocycles. The van der Waals surface area contributed by atoms with Crippen molar-refractivity contribution in [2.24, 2.45) is 10.2 Å². The van der Waals surface area contributed by atoms with Gasteiger partial charge < -0.3 is 23.7 Å². The number of hydrogen-bond acceptors (Lipinski definition) is 7. The first kappa shape index (κ1) is 31.7. The molecular formula is C34H34N6O5. The van der Waals surface area contributed by atoms with Crippen molar-refractivity contribution in [1.82, 2.24) is 0 Å². The molecule has 0 bridgehead atoms. The molecule has 4 aromatic rings. The third-order valence-electron chi connectivity index (χ3n) is 7.30. The van der Waals surface area contributed by atoms with Gasteiger partial charge in [-0.2, -0.15) is 0 Å². The Kier molecular flexibility index (Phi) is 11.6. The van der Waals surface area contributed by atoms with Gasteiger partial charge in [-0.1, -0.05) is 121 Å². The number of ether oxygens (including phenoxy) is 5. The Labute approximate surface area is 261 Å². The van der Waals surface area contributed by atoms with Crippen LogP contribution in [-0.4, -0.2) is 36.9 Å². The standard InChI is InChI=1S/C34H34N6O5/c35-39-37-34(38-40-36)33(44-24-29-19-11-4-12-20-29)32(43-23-28-17-9-3-10-18-28)31(42-22-27-15-7-2-8-16-27)30(45-34)25-41-21-26-13-5-1-6-14-26/h1-20,30-33H,21-25H2/t30-,31+,32+,33-/m1/s1. The van der Waals surface area contributed by atoms with Gasteiger partial charge >= 0.3 is 0 Å². The first-order valence-corrected chi connectivity index (χ1v) is 14.6. The van der Waals surface area contributed by atoms with Crippen LogP contribution in [0.3, 0.4) is 0 Å². The van der Waals surface area contributed by atoms with Crippen molar-refractivity contribution >= 4 is 0 Å². The van der Waals surface area contributed by atoms with Crippen LogP contribution in [0.25, 0.3) is 20.9 Å². The van der Waals surface area contributed by atoms with E-state index in [1.165, 1.54) is 0 Å². The Morgan fingerprint density at radius 2 is 0.956 bits per heavy atom. The Morgan fingerprint density at radius 3 is 1.40 bits per heavy atom. The fourth-order valence-corrected chi connectivity index (χ4v) is 5.14. The topological polar surface area (TPSA) is 144 Å². The summed E-state index contributed by atoms with van der Waals surface area (Å²) in [6, 6.07) is 38.5. The Hall–Kier alpha value is -4.70. The Bertz CT molecular complexity index is 1530. The van der Waals surface area contributed by atoms with Gasteiger partial charge in [0, 0.05) is 9.82 Å². The van der Waals surface area contributed by atoms with E-state index in [2.05, 4.69) is 20.1 Å². The summed E-state index contributed by atoms with van der Waals surface area (Å²) in [5.74, 6) is -2.13. The van der Waals surface area contributed by atoms with Crippen LogP contribution in [0.4, 0.5) is 0 Å². The molecule has 230 valence electrons. The summed E-state index contributed by atoms with van der Waals surface area (Å²) >= 11 is 0. The molecule has 11 nitrogen and oxygen atoms in total. The molecule has 0 aliphatic carbocycles. The summed E-state index contributed by atoms with van der Waals surface area (Å²) in [7, 11) is 0. The van der Waals surface area contributed by atoms with Crippen LogP contribution in [0.5, 0.6) is 0 Å². The highest BCUT2D eigenvalue weighted by Crippen LogP contribution is 2.39. The lowest BCUT2D eigenvalue weighted by molar-refractivity contribution is -0.305. The summed E-state index contributed by atoms with van der Waals surface area (Å²) in [5.41, 5.74) is 23.0. The van der Waals surface area contributed by atoms with Crippen LogP contribution in [-0.2, 0) is 50.1 Å². The van der Waals surface area contributed by atoms with Crippen LogP contribution in [0.15, 0.2) is 132 Å². The zero-order chi connectivity index (χ0) is 31.2. The molecule has 1 fully saturated rings. The summed E-state index contributed by atoms with van der Waals surface area (Å²) in [5, 5.41) is 7.79. The van der Waals surface area contributed by atoms with Gasteiger partial charge in [-0.15, -0.1) is 0 Å². The van der Waals surface area contributed by atoms with Crippen LogP contribution < -0.4 is 0 Å². The van der Waals surface area contributed by atoms with Crippen LogP contribution >= 0.6 is 0 Å². The molecule has 0 N–H and O–H groups in total. The zero-order valence-electron chi connectivity index (χ0n) is 24.6. The van der Waals surface area contributed by atoms with E-state index in [0.29, 0.717) is 6.61 Å². The Balaban J connectivity index is 1.51. The molecule has 0 saturated carbocycles. The van der Waals surface area contributed by atoms with E-state index in [-0.39, 0.29) is 26.4 Å². The molecule has 1 saturated heterocycles. The van der Waals surface area contributed by atoms with Crippen molar-refractivity contribution in [3.8, 4) is 0 Å². The van der Waals surface area contributed by atoms with Crippen LogP contribution in [0.2, 0.25) is 0 Å². The number of benzene rings is 4. The molecule has 1 aliphatic heterocycles. The maximum atomic E-state index is 9.67. The van der Waals surface area contributed by atoms with Gasteiger partial charge in [-0.3, -0.25) is 0 Å². The van der Waals surface area contributed by atoms with Crippen LogP contribution in [0.1, 0.15) is 22.3 Å². The number of hydrogen-bond donors (Lipinski definition) is 0. The highest BCUT2D eigenvalue weighted by Gasteiger charge is 2.57. The molecule has 5 rings (SSSR count). The van der Waals surface area contributed by atoms with Crippen molar-refractivity contribution < 1.29 is 23.7 Å². The van der Waals surface area contributed by atoms with Crippen LogP contribution in [0, 0.1) is 0 Å². The van der Waals surface area contributed by atoms with Gasteiger partial charge in [0.1, 0.15) is 24.4 Å². The molecule has 0 aromatic heterocycles. The van der Waals surface area contributed by atoms with Crippen molar-refractivity contribution in [2.45, 2.75) is 56.7 Å². The molecule has 45 heavy (non-hydrogen) atoms. The summed E-state index contributed by atoms with van der Waals surface area (Å²) in [4.78, 5) is 6.01. The van der Waals surface area contributed by atoms with Gasteiger partial charge in [0.2, 0.25) is 0 Å². The predicted molar refractivity (Wildman–Crippen MR) is 167 cm³/mol. The maximum absolute atomic E-state index is 9.67. The van der Waals surface area contributed by atoms with Crippen molar-refractivity contribution in [1.29, 1.82) is 0 Å². The average Bonchev–Trinajstić information content (AvgIpc) is 3.08. The minimum absolute atomic E-state index is 0.0224. The van der Waals surface area contributed by atoms with Gasteiger partial charge in [0.25, 0.3) is 5.85 Å². The molecule has 0 unspecified atom stereocenters. The molecule has 0 amide bonds. The van der Waals surface area contributed by atoms with E-state index >= 15 is 0 Å². The minimum Gasteiger partial charge on any atom is -0.374 e. The fourth-order valence-electron chi connectivity index (χ4n) is 5.14. The monoisotopic (exact) mass is 606 g/mol. The van der Waals surface area contributed by atoms with Gasteiger partial charge in [-0.05, 0) is 43.5 Å². The lowest BCUT2D eigenvalue weighted by Gasteiger charge is -2.49. The average molecular weight is 607 g/mol. The van der Waals surface area contributed by atoms with E-state index in [9.17, 15) is 11.1 Å². The summed E-state index contributed by atoms with van der Waals surface area (Å²) in [6.07, 6.45) is -3.74. The van der Waals surface area contributed by atoms with Crippen molar-refractivity contribution in [3.63, 3.8) is 0 Å². The third-order valence-corrected chi connectivity index (χ3v) is 7.30. The van der Waals surface area contributed by atoms with Gasteiger partial charge in [0.05, 0.1) is 33.0 Å². The normalized spacial score (nSPS) is 22.6. The molecule has 1 aliphatic rings. The summed E-state index contributed by atoms with van der Waals surface area (Å²) in [6.45, 7) is 0.837. The molecule has 4 atom stereocenters. The SMILES string of the molecule is [N-]=[N+]=NC1(N=[N+]=[N-])O[C@H](COCc2ccccc2)[C@H](OCc2ccccc2)[C@H](OCc2ccccc2)[C@H]1OCc1ccccc1. The van der Waals surface area contributed by atoms with E-state index in [0.717, 1.165) is 22.3 Å². The van der Waals surface area contributed by atoms with E-state index < -0.39 is 30.3 Å². The smallest absolute Gasteiger partial charge is 0.255 e. The second-order valence-corrected chi connectivity index (χ2v) is 10.4. The zero-order valence-corrected chi connectivity index (χ0v) is 24.6. The first-order valence-electron chi connectivity index (χ1n) is 14.6. The van der Waals surface area contributed by atoms with E-state index in [1.54, 1.807) is 0 Å². The third kappa shape index (κ3) is 8.69. The minimum atomic E-state index is -2.13. The number of rotatable bonds is 15. The second kappa shape index (κ2) is 16.4. The predicted octanol–water partition coefficient (Wildman–Crippen LogP) is 7.63. The number of azide groups is 1. The number of nitrogens with zero attached hydrogens (tertiary/aromatic N) is 6. The Morgan fingerprint density at radius 1 is 0.556 bits per heavy atom. The van der Waals surface area contributed by atoms with Crippen molar-refractivity contribution in [3.05, 3.63) is 164 Å². The second-order valence-electron chi connectivity index (χ2n) is 10.4. The van der Waals surface area contributed by atoms with Gasteiger partial charge in [-0.25, -0.2) is 0 Å². The summed E-state index contributed by atoms with van der Waals surface area (Å²) < 4.78 is 32.0. The molecule has 1 heterocycles. The molecule has 11 heteroatoms. The largest absolute Gasteiger partial charge is 0.374 e. The quantitative estimate of drug-likeness (QED) is 0.0776. The molecule has 0 spiro atoms. The molecule has 0 radical (unpaired) electrons. The fraction of sp³-hybridized carbons (Fsp3) is 0.294. The lowest BCUT2D eigenvalue weighted by atomic mass is 9.94. The maximum Gasteiger partial charge on any atom is 0.255 e. The molecular weight excluding hydrogens is 572 g/mol. The lowest BCUT2D eigenvalue weighted by Crippen LogP contribution is -2.65.